The largest absolute Gasteiger partial charge is 0.399 e. The molecule has 1 amide bonds. The maximum Gasteiger partial charge on any atom is 0.253 e. The minimum atomic E-state index is -0.268. The number of rotatable bonds is 3. The van der Waals surface area contributed by atoms with Gasteiger partial charge in [-0.3, -0.25) is 4.79 Å². The first-order chi connectivity index (χ1) is 8.58. The highest BCUT2D eigenvalue weighted by Crippen LogP contribution is 2.18. The normalized spacial score (nSPS) is 10.3. The second-order valence-electron chi connectivity index (χ2n) is 3.88. The molecule has 94 valence electrons. The zero-order valence-corrected chi connectivity index (χ0v) is 10.6. The van der Waals surface area contributed by atoms with Gasteiger partial charge in [-0.2, -0.15) is 0 Å². The van der Waals surface area contributed by atoms with Crippen LogP contribution in [0.4, 0.5) is 5.69 Å². The number of amides is 1. The Morgan fingerprint density at radius 3 is 3.00 bits per heavy atom. The van der Waals surface area contributed by atoms with Gasteiger partial charge >= 0.3 is 0 Å². The van der Waals surface area contributed by atoms with Crippen molar-refractivity contribution < 1.29 is 4.79 Å². The van der Waals surface area contributed by atoms with Crippen LogP contribution in [0.15, 0.2) is 30.6 Å². The summed E-state index contributed by atoms with van der Waals surface area (Å²) in [7, 11) is 1.86. The summed E-state index contributed by atoms with van der Waals surface area (Å²) < 4.78 is 1.83. The van der Waals surface area contributed by atoms with Crippen LogP contribution in [-0.4, -0.2) is 15.5 Å². The first kappa shape index (κ1) is 12.4. The molecule has 1 heterocycles. The average molecular weight is 265 g/mol. The molecule has 0 radical (unpaired) electrons. The molecule has 0 saturated heterocycles. The van der Waals surface area contributed by atoms with E-state index in [0.717, 1.165) is 5.82 Å². The third-order valence-corrected chi connectivity index (χ3v) is 2.89. The molecule has 5 nitrogen and oxygen atoms in total. The number of aryl methyl sites for hydroxylation is 1. The van der Waals surface area contributed by atoms with Crippen molar-refractivity contribution in [1.82, 2.24) is 14.9 Å². The summed E-state index contributed by atoms with van der Waals surface area (Å²) in [5, 5.41) is 3.12. The fourth-order valence-corrected chi connectivity index (χ4v) is 1.74. The molecule has 18 heavy (non-hydrogen) atoms. The predicted octanol–water partition coefficient (Wildman–Crippen LogP) is 1.59. The van der Waals surface area contributed by atoms with Gasteiger partial charge < -0.3 is 15.6 Å². The Hall–Kier alpha value is -2.01. The van der Waals surface area contributed by atoms with E-state index in [-0.39, 0.29) is 5.91 Å². The molecule has 1 aromatic heterocycles. The second kappa shape index (κ2) is 5.10. The SMILES string of the molecule is Cn1ccnc1CNC(=O)c1cc(N)ccc1Cl. The topological polar surface area (TPSA) is 72.9 Å². The minimum absolute atomic E-state index is 0.268. The van der Waals surface area contributed by atoms with Crippen molar-refractivity contribution >= 4 is 23.2 Å². The lowest BCUT2D eigenvalue weighted by atomic mass is 10.2. The number of hydrogen-bond donors (Lipinski definition) is 2. The van der Waals surface area contributed by atoms with Crippen LogP contribution in [0.3, 0.4) is 0 Å². The molecule has 1 aromatic carbocycles. The van der Waals surface area contributed by atoms with Gasteiger partial charge in [-0.1, -0.05) is 11.6 Å². The molecule has 2 aromatic rings. The third-order valence-electron chi connectivity index (χ3n) is 2.56. The zero-order chi connectivity index (χ0) is 13.1. The van der Waals surface area contributed by atoms with E-state index in [1.807, 2.05) is 17.8 Å². The molecule has 2 rings (SSSR count). The highest BCUT2D eigenvalue weighted by atomic mass is 35.5. The Kier molecular flexibility index (Phi) is 3.53. The molecular weight excluding hydrogens is 252 g/mol. The number of imidazole rings is 1. The number of halogens is 1. The summed E-state index contributed by atoms with van der Waals surface area (Å²) in [5.74, 6) is 0.499. The van der Waals surface area contributed by atoms with Gasteiger partial charge in [0.15, 0.2) is 0 Å². The molecule has 0 spiro atoms. The summed E-state index contributed by atoms with van der Waals surface area (Å²) in [6, 6.07) is 4.81. The number of nitrogens with one attached hydrogen (secondary N) is 1. The van der Waals surface area contributed by atoms with Crippen LogP contribution in [0.25, 0.3) is 0 Å². The number of benzene rings is 1. The van der Waals surface area contributed by atoms with Crippen molar-refractivity contribution in [2.45, 2.75) is 6.54 Å². The van der Waals surface area contributed by atoms with Crippen molar-refractivity contribution in [3.8, 4) is 0 Å². The van der Waals surface area contributed by atoms with Gasteiger partial charge in [0.1, 0.15) is 5.82 Å². The van der Waals surface area contributed by atoms with Crippen molar-refractivity contribution in [2.24, 2.45) is 7.05 Å². The molecule has 0 atom stereocenters. The summed E-state index contributed by atoms with van der Waals surface area (Å²) in [6.07, 6.45) is 3.49. The fourth-order valence-electron chi connectivity index (χ4n) is 1.54. The molecule has 3 N–H and O–H groups in total. The van der Waals surface area contributed by atoms with Crippen LogP contribution < -0.4 is 11.1 Å². The Morgan fingerprint density at radius 1 is 1.56 bits per heavy atom. The van der Waals surface area contributed by atoms with Crippen LogP contribution in [0.5, 0.6) is 0 Å². The van der Waals surface area contributed by atoms with E-state index >= 15 is 0 Å². The van der Waals surface area contributed by atoms with Crippen LogP contribution in [0, 0.1) is 0 Å². The van der Waals surface area contributed by atoms with Gasteiger partial charge in [0.2, 0.25) is 0 Å². The lowest BCUT2D eigenvalue weighted by molar-refractivity contribution is 0.0950. The summed E-state index contributed by atoms with van der Waals surface area (Å²) in [5.41, 5.74) is 6.49. The number of nitrogens with zero attached hydrogens (tertiary/aromatic N) is 2. The number of nitrogens with two attached hydrogens (primary N) is 1. The first-order valence-electron chi connectivity index (χ1n) is 5.37. The third kappa shape index (κ3) is 2.62. The van der Waals surface area contributed by atoms with Gasteiger partial charge in [0.25, 0.3) is 5.91 Å². The lowest BCUT2D eigenvalue weighted by Gasteiger charge is -2.07. The lowest BCUT2D eigenvalue weighted by Crippen LogP contribution is -2.24. The maximum atomic E-state index is 11.9. The van der Waals surface area contributed by atoms with Crippen molar-refractivity contribution in [2.75, 3.05) is 5.73 Å². The number of aromatic nitrogens is 2. The van der Waals surface area contributed by atoms with Gasteiger partial charge in [0, 0.05) is 25.1 Å². The second-order valence-corrected chi connectivity index (χ2v) is 4.28. The summed E-state index contributed by atoms with van der Waals surface area (Å²) in [4.78, 5) is 16.0. The Bertz CT molecular complexity index is 579. The smallest absolute Gasteiger partial charge is 0.253 e. The van der Waals surface area contributed by atoms with Gasteiger partial charge in [-0.25, -0.2) is 4.98 Å². The Labute approximate surface area is 110 Å². The molecule has 0 unspecified atom stereocenters. The van der Waals surface area contributed by atoms with E-state index in [2.05, 4.69) is 10.3 Å². The quantitative estimate of drug-likeness (QED) is 0.827. The van der Waals surface area contributed by atoms with Gasteiger partial charge in [-0.15, -0.1) is 0 Å². The van der Waals surface area contributed by atoms with E-state index in [4.69, 9.17) is 17.3 Å². The number of carbonyl (C=O) groups excluding carboxylic acids is 1. The minimum Gasteiger partial charge on any atom is -0.399 e. The van der Waals surface area contributed by atoms with Crippen LogP contribution in [0.2, 0.25) is 5.02 Å². The van der Waals surface area contributed by atoms with Crippen LogP contribution in [0.1, 0.15) is 16.2 Å². The van der Waals surface area contributed by atoms with Crippen LogP contribution in [-0.2, 0) is 13.6 Å². The van der Waals surface area contributed by atoms with E-state index in [0.29, 0.717) is 22.8 Å². The first-order valence-corrected chi connectivity index (χ1v) is 5.75. The molecule has 0 aliphatic rings. The average Bonchev–Trinajstić information content (AvgIpc) is 2.75. The maximum absolute atomic E-state index is 11.9. The highest BCUT2D eigenvalue weighted by Gasteiger charge is 2.11. The highest BCUT2D eigenvalue weighted by molar-refractivity contribution is 6.34. The zero-order valence-electron chi connectivity index (χ0n) is 9.85. The van der Waals surface area contributed by atoms with Crippen LogP contribution >= 0.6 is 11.6 Å². The standard InChI is InChI=1S/C12H13ClN4O/c1-17-5-4-15-11(17)7-16-12(18)9-6-8(14)2-3-10(9)13/h2-6H,7,14H2,1H3,(H,16,18). The van der Waals surface area contributed by atoms with Crippen molar-refractivity contribution in [1.29, 1.82) is 0 Å². The van der Waals surface area contributed by atoms with E-state index in [9.17, 15) is 4.79 Å². The van der Waals surface area contributed by atoms with E-state index in [1.165, 1.54) is 0 Å². The number of anilines is 1. The molecule has 0 saturated carbocycles. The number of carbonyl (C=O) groups is 1. The van der Waals surface area contributed by atoms with Crippen molar-refractivity contribution in [3.05, 3.63) is 47.0 Å². The molecule has 6 heteroatoms. The number of hydrogen-bond acceptors (Lipinski definition) is 3. The molecule has 0 bridgehead atoms. The monoisotopic (exact) mass is 264 g/mol. The predicted molar refractivity (Wildman–Crippen MR) is 70.2 cm³/mol. The molecular formula is C12H13ClN4O. The Morgan fingerprint density at radius 2 is 2.33 bits per heavy atom. The number of nitrogen functional groups attached to an aromatic ring is 1. The fraction of sp³-hybridized carbons (Fsp3) is 0.167. The van der Waals surface area contributed by atoms with Gasteiger partial charge in [0.05, 0.1) is 17.1 Å². The molecule has 0 aliphatic carbocycles. The summed E-state index contributed by atoms with van der Waals surface area (Å²) >= 11 is 5.95. The van der Waals surface area contributed by atoms with E-state index < -0.39 is 0 Å². The molecule has 0 fully saturated rings. The van der Waals surface area contributed by atoms with Gasteiger partial charge in [-0.05, 0) is 18.2 Å². The van der Waals surface area contributed by atoms with Crippen molar-refractivity contribution in [3.63, 3.8) is 0 Å². The summed E-state index contributed by atoms with van der Waals surface area (Å²) in [6.45, 7) is 0.341. The Balaban J connectivity index is 2.08. The van der Waals surface area contributed by atoms with E-state index in [1.54, 1.807) is 24.4 Å². The molecule has 0 aliphatic heterocycles.